The molecule has 2 nitrogen and oxygen atoms in total. The van der Waals surface area contributed by atoms with Crippen LogP contribution < -0.4 is 0 Å². The van der Waals surface area contributed by atoms with Gasteiger partial charge in [0.05, 0.1) is 0 Å². The molecule has 0 spiro atoms. The van der Waals surface area contributed by atoms with Crippen molar-refractivity contribution < 1.29 is 0 Å². The molecule has 0 aromatic heterocycles. The van der Waals surface area contributed by atoms with Crippen molar-refractivity contribution >= 4 is 0 Å². The van der Waals surface area contributed by atoms with Gasteiger partial charge >= 0.3 is 0 Å². The van der Waals surface area contributed by atoms with Crippen molar-refractivity contribution in [3.8, 4) is 0 Å². The predicted molar refractivity (Wildman–Crippen MR) is 59.8 cm³/mol. The third-order valence-corrected chi connectivity index (χ3v) is 2.29. The van der Waals surface area contributed by atoms with E-state index in [1.165, 1.54) is 0 Å². The van der Waals surface area contributed by atoms with Crippen molar-refractivity contribution in [2.24, 2.45) is 0 Å². The fraction of sp³-hybridized carbons (Fsp3) is 0.500. The van der Waals surface area contributed by atoms with Crippen LogP contribution in [0.5, 0.6) is 0 Å². The molecule has 0 bridgehead atoms. The number of benzene rings is 1. The van der Waals surface area contributed by atoms with Crippen LogP contribution in [0.2, 0.25) is 0 Å². The number of hydroxylamine groups is 2. The van der Waals surface area contributed by atoms with Crippen LogP contribution in [0.4, 0.5) is 0 Å². The second-order valence-electron chi connectivity index (χ2n) is 4.58. The molecular weight excluding hydrogens is 174 g/mol. The molecule has 1 aromatic carbocycles. The zero-order valence-electron chi connectivity index (χ0n) is 9.32. The third kappa shape index (κ3) is 2.56. The molecule has 78 valence electrons. The summed E-state index contributed by atoms with van der Waals surface area (Å²) in [7, 11) is 0. The summed E-state index contributed by atoms with van der Waals surface area (Å²) < 4.78 is 0. The van der Waals surface area contributed by atoms with Crippen LogP contribution in [-0.2, 0) is 0 Å². The lowest BCUT2D eigenvalue weighted by Gasteiger charge is -2.46. The molecule has 0 heterocycles. The maximum Gasteiger partial charge on any atom is 0.0206 e. The lowest BCUT2D eigenvalue weighted by molar-refractivity contribution is 0.156. The highest BCUT2D eigenvalue weighted by Crippen LogP contribution is 2.25. The Bertz CT molecular complexity index is 276. The number of nitrogens with zero attached hydrogens (tertiary/aromatic N) is 1. The predicted octanol–water partition coefficient (Wildman–Crippen LogP) is 3.35. The van der Waals surface area contributed by atoms with Gasteiger partial charge < -0.3 is 10.3 Å². The molecule has 0 aliphatic carbocycles. The lowest BCUT2D eigenvalue weighted by atomic mass is 10.0. The molecule has 0 aliphatic heterocycles. The van der Waals surface area contributed by atoms with Gasteiger partial charge in [-0.25, -0.2) is 0 Å². The first-order valence-electron chi connectivity index (χ1n) is 4.94. The van der Waals surface area contributed by atoms with Gasteiger partial charge in [-0.15, -0.1) is 0 Å². The van der Waals surface area contributed by atoms with Gasteiger partial charge in [0, 0.05) is 11.6 Å². The highest BCUT2D eigenvalue weighted by atomic mass is 16.5. The van der Waals surface area contributed by atoms with E-state index in [-0.39, 0.29) is 11.6 Å². The second-order valence-corrected chi connectivity index (χ2v) is 4.58. The maximum atomic E-state index is 11.9. The van der Waals surface area contributed by atoms with Crippen molar-refractivity contribution in [2.45, 2.75) is 39.3 Å². The minimum absolute atomic E-state index is 0.0869. The fourth-order valence-corrected chi connectivity index (χ4v) is 1.45. The van der Waals surface area contributed by atoms with Gasteiger partial charge in [-0.3, -0.25) is 0 Å². The highest BCUT2D eigenvalue weighted by molar-refractivity contribution is 5.18. The van der Waals surface area contributed by atoms with E-state index in [4.69, 9.17) is 0 Å². The van der Waals surface area contributed by atoms with Crippen LogP contribution in [0.3, 0.4) is 0 Å². The van der Waals surface area contributed by atoms with Gasteiger partial charge in [0.1, 0.15) is 0 Å². The van der Waals surface area contributed by atoms with E-state index in [9.17, 15) is 5.21 Å². The molecule has 1 atom stereocenters. The summed E-state index contributed by atoms with van der Waals surface area (Å²) in [6.45, 7) is 7.73. The molecule has 0 aliphatic rings. The first-order valence-corrected chi connectivity index (χ1v) is 4.94. The Hall–Kier alpha value is -0.860. The lowest BCUT2D eigenvalue weighted by Crippen LogP contribution is -2.38. The Morgan fingerprint density at radius 3 is 2.07 bits per heavy atom. The Balaban J connectivity index is 2.81. The van der Waals surface area contributed by atoms with Crippen molar-refractivity contribution in [1.82, 2.24) is 5.06 Å². The summed E-state index contributed by atoms with van der Waals surface area (Å²) >= 11 is 0. The normalized spacial score (nSPS) is 14.4. The van der Waals surface area contributed by atoms with Gasteiger partial charge in [0.15, 0.2) is 0 Å². The fourth-order valence-electron chi connectivity index (χ4n) is 1.45. The molecule has 1 rings (SSSR count). The van der Waals surface area contributed by atoms with Crippen LogP contribution in [0.25, 0.3) is 0 Å². The number of rotatable bonds is 2. The average Bonchev–Trinajstić information content (AvgIpc) is 2.15. The van der Waals surface area contributed by atoms with E-state index in [2.05, 4.69) is 0 Å². The Morgan fingerprint density at radius 2 is 1.64 bits per heavy atom. The van der Waals surface area contributed by atoms with E-state index in [0.717, 1.165) is 10.6 Å². The van der Waals surface area contributed by atoms with Gasteiger partial charge in [0.25, 0.3) is 0 Å². The highest BCUT2D eigenvalue weighted by Gasteiger charge is 2.18. The molecule has 0 radical (unpaired) electrons. The molecule has 1 unspecified atom stereocenters. The van der Waals surface area contributed by atoms with Crippen LogP contribution in [0.1, 0.15) is 39.3 Å². The zero-order chi connectivity index (χ0) is 10.8. The molecule has 0 saturated heterocycles. The first kappa shape index (κ1) is 11.2. The van der Waals surface area contributed by atoms with Crippen molar-refractivity contribution in [3.05, 3.63) is 41.1 Å². The molecular formula is C12H18NO-. The van der Waals surface area contributed by atoms with E-state index in [0.29, 0.717) is 0 Å². The summed E-state index contributed by atoms with van der Waals surface area (Å²) in [6, 6.07) is 9.77. The summed E-state index contributed by atoms with van der Waals surface area (Å²) in [5.74, 6) is 0. The maximum absolute atomic E-state index is 11.9. The summed E-state index contributed by atoms with van der Waals surface area (Å²) in [5, 5.41) is 13.0. The molecule has 0 amide bonds. The summed E-state index contributed by atoms with van der Waals surface area (Å²) in [4.78, 5) is 0. The molecule has 2 heteroatoms. The Labute approximate surface area is 86.1 Å². The third-order valence-electron chi connectivity index (χ3n) is 2.29. The zero-order valence-corrected chi connectivity index (χ0v) is 9.32. The largest absolute Gasteiger partial charge is 0.784 e. The number of hydrogen-bond donors (Lipinski definition) is 0. The molecule has 14 heavy (non-hydrogen) atoms. The summed E-state index contributed by atoms with van der Waals surface area (Å²) in [5.41, 5.74) is 0.729. The van der Waals surface area contributed by atoms with E-state index < -0.39 is 0 Å². The minimum Gasteiger partial charge on any atom is -0.784 e. The topological polar surface area (TPSA) is 26.3 Å². The van der Waals surface area contributed by atoms with E-state index in [1.807, 2.05) is 58.0 Å². The molecule has 0 saturated carbocycles. The van der Waals surface area contributed by atoms with Crippen LogP contribution in [0.15, 0.2) is 30.3 Å². The summed E-state index contributed by atoms with van der Waals surface area (Å²) in [6.07, 6.45) is 0. The van der Waals surface area contributed by atoms with Gasteiger partial charge in [-0.2, -0.15) is 0 Å². The van der Waals surface area contributed by atoms with Crippen LogP contribution in [-0.4, -0.2) is 10.6 Å². The van der Waals surface area contributed by atoms with Gasteiger partial charge in [-0.05, 0) is 33.3 Å². The number of hydrogen-bond acceptors (Lipinski definition) is 2. The van der Waals surface area contributed by atoms with Gasteiger partial charge in [-0.1, -0.05) is 30.3 Å². The van der Waals surface area contributed by atoms with Gasteiger partial charge in [0.2, 0.25) is 0 Å². The SMILES string of the molecule is CC(c1ccccc1)N([O-])C(C)(C)C. The van der Waals surface area contributed by atoms with E-state index >= 15 is 0 Å². The molecule has 0 fully saturated rings. The van der Waals surface area contributed by atoms with Crippen molar-refractivity contribution in [2.75, 3.05) is 0 Å². The smallest absolute Gasteiger partial charge is 0.0206 e. The van der Waals surface area contributed by atoms with Crippen molar-refractivity contribution in [3.63, 3.8) is 0 Å². The monoisotopic (exact) mass is 192 g/mol. The molecule has 0 N–H and O–H groups in total. The van der Waals surface area contributed by atoms with Crippen molar-refractivity contribution in [1.29, 1.82) is 0 Å². The average molecular weight is 192 g/mol. The Kier molecular flexibility index (Phi) is 3.29. The van der Waals surface area contributed by atoms with Crippen LogP contribution >= 0.6 is 0 Å². The van der Waals surface area contributed by atoms with E-state index in [1.54, 1.807) is 0 Å². The first-order chi connectivity index (χ1) is 6.43. The Morgan fingerprint density at radius 1 is 1.14 bits per heavy atom. The molecule has 1 aromatic rings. The quantitative estimate of drug-likeness (QED) is 0.672. The van der Waals surface area contributed by atoms with Crippen LogP contribution in [0, 0.1) is 5.21 Å². The second kappa shape index (κ2) is 4.11. The standard InChI is InChI=1S/C12H18NO/c1-10(13(14)12(2,3)4)11-8-6-5-7-9-11/h5-10H,1-4H3/q-1. The minimum atomic E-state index is -0.338.